The number of methoxy groups -OCH3 is 4. The molecular weight excluding hydrogens is 408 g/mol. The van der Waals surface area contributed by atoms with Gasteiger partial charge in [0.25, 0.3) is 0 Å². The van der Waals surface area contributed by atoms with Crippen LogP contribution in [0.1, 0.15) is 20.3 Å². The second-order valence-corrected chi connectivity index (χ2v) is 7.50. The molecule has 0 aromatic carbocycles. The zero-order chi connectivity index (χ0) is 24.3. The van der Waals surface area contributed by atoms with Crippen molar-refractivity contribution in [2.45, 2.75) is 20.3 Å². The molecule has 31 heavy (non-hydrogen) atoms. The highest BCUT2D eigenvalue weighted by Gasteiger charge is 2.36. The Morgan fingerprint density at radius 2 is 1.52 bits per heavy atom. The van der Waals surface area contributed by atoms with Crippen molar-refractivity contribution in [1.29, 1.82) is 0 Å². The third-order valence-electron chi connectivity index (χ3n) is 4.44. The van der Waals surface area contributed by atoms with Crippen molar-refractivity contribution in [1.82, 2.24) is 0 Å². The lowest BCUT2D eigenvalue weighted by molar-refractivity contribution is -0.144. The zero-order valence-corrected chi connectivity index (χ0v) is 19.9. The van der Waals surface area contributed by atoms with Crippen molar-refractivity contribution in [3.63, 3.8) is 0 Å². The van der Waals surface area contributed by atoms with Gasteiger partial charge >= 0.3 is 11.9 Å². The van der Waals surface area contributed by atoms with Crippen molar-refractivity contribution in [2.75, 3.05) is 74.7 Å². The molecule has 2 aliphatic rings. The molecule has 0 saturated carbocycles. The number of aliphatic hydroxyl groups is 1. The molecule has 0 atom stereocenters. The Morgan fingerprint density at radius 1 is 1.00 bits per heavy atom. The first-order valence-corrected chi connectivity index (χ1v) is 9.83. The van der Waals surface area contributed by atoms with Crippen molar-refractivity contribution in [3.05, 3.63) is 24.8 Å². The first-order valence-electron chi connectivity index (χ1n) is 9.83. The van der Waals surface area contributed by atoms with Crippen LogP contribution in [0.2, 0.25) is 0 Å². The lowest BCUT2D eigenvalue weighted by Gasteiger charge is -2.39. The van der Waals surface area contributed by atoms with Crippen LogP contribution in [-0.4, -0.2) is 91.7 Å². The molecule has 9 heteroatoms. The van der Waals surface area contributed by atoms with Crippen LogP contribution in [0.5, 0.6) is 0 Å². The molecule has 0 amide bonds. The SMILES string of the molecule is C=C(CO)C(=O)OC.C=CC(=O)OC.CCC1(COC)COC1.COCC1(C)COC1. The Labute approximate surface area is 186 Å². The number of esters is 2. The van der Waals surface area contributed by atoms with E-state index in [9.17, 15) is 9.59 Å². The number of hydrogen-bond acceptors (Lipinski definition) is 9. The van der Waals surface area contributed by atoms with E-state index < -0.39 is 11.9 Å². The lowest BCUT2D eigenvalue weighted by Crippen LogP contribution is -2.45. The van der Waals surface area contributed by atoms with Crippen LogP contribution in [0.25, 0.3) is 0 Å². The molecule has 182 valence electrons. The maximum absolute atomic E-state index is 10.3. The molecule has 9 nitrogen and oxygen atoms in total. The van der Waals surface area contributed by atoms with Gasteiger partial charge in [0, 0.05) is 31.1 Å². The summed E-state index contributed by atoms with van der Waals surface area (Å²) in [5, 5.41) is 8.24. The zero-order valence-electron chi connectivity index (χ0n) is 19.9. The summed E-state index contributed by atoms with van der Waals surface area (Å²) in [5.74, 6) is -0.956. The summed E-state index contributed by atoms with van der Waals surface area (Å²) in [6.45, 7) is 15.6. The fraction of sp³-hybridized carbons (Fsp3) is 0.727. The lowest BCUT2D eigenvalue weighted by atomic mass is 9.84. The molecule has 0 aliphatic carbocycles. The van der Waals surface area contributed by atoms with E-state index >= 15 is 0 Å². The van der Waals surface area contributed by atoms with Gasteiger partial charge in [-0.05, 0) is 6.42 Å². The predicted molar refractivity (Wildman–Crippen MR) is 117 cm³/mol. The molecule has 0 aromatic heterocycles. The minimum Gasteiger partial charge on any atom is -0.466 e. The standard InChI is InChI=1S/C7H14O2.C6H12O2.C5H8O3.C4H6O2/c1-3-7(4-8-2)5-9-6-7;1-6(3-7-2)4-8-5-6;1-4(3-6)5(7)8-2;1-3-4(5)6-2/h3-6H2,1-2H3;3-5H2,1-2H3;6H,1,3H2,2H3;3H,1H2,2H3. The minimum atomic E-state index is -0.563. The van der Waals surface area contributed by atoms with Gasteiger partial charge < -0.3 is 33.5 Å². The van der Waals surface area contributed by atoms with E-state index in [1.54, 1.807) is 14.2 Å². The van der Waals surface area contributed by atoms with Crippen LogP contribution in [0.3, 0.4) is 0 Å². The maximum atomic E-state index is 10.3. The topological polar surface area (TPSA) is 110 Å². The summed E-state index contributed by atoms with van der Waals surface area (Å²) in [6.07, 6.45) is 2.28. The highest BCUT2D eigenvalue weighted by atomic mass is 16.5. The second-order valence-electron chi connectivity index (χ2n) is 7.50. The molecule has 2 fully saturated rings. The average molecular weight is 449 g/mol. The molecular formula is C22H40O9. The van der Waals surface area contributed by atoms with E-state index in [2.05, 4.69) is 36.5 Å². The van der Waals surface area contributed by atoms with Crippen LogP contribution in [-0.2, 0) is 38.0 Å². The number of hydrogen-bond donors (Lipinski definition) is 1. The Hall–Kier alpha value is -1.78. The molecule has 0 unspecified atom stereocenters. The smallest absolute Gasteiger partial charge is 0.335 e. The normalized spacial score (nSPS) is 16.6. The van der Waals surface area contributed by atoms with Gasteiger partial charge in [0.2, 0.25) is 0 Å². The summed E-state index contributed by atoms with van der Waals surface area (Å²) in [4.78, 5) is 20.1. The highest BCUT2D eigenvalue weighted by molar-refractivity contribution is 5.87. The molecule has 2 aliphatic heterocycles. The van der Waals surface area contributed by atoms with Crippen LogP contribution in [0.15, 0.2) is 24.8 Å². The van der Waals surface area contributed by atoms with Crippen molar-refractivity contribution < 1.29 is 43.1 Å². The third kappa shape index (κ3) is 14.0. The number of rotatable bonds is 8. The molecule has 0 spiro atoms. The highest BCUT2D eigenvalue weighted by Crippen LogP contribution is 2.30. The van der Waals surface area contributed by atoms with Crippen LogP contribution < -0.4 is 0 Å². The molecule has 2 heterocycles. The summed E-state index contributed by atoms with van der Waals surface area (Å²) in [6, 6.07) is 0. The Kier molecular flexibility index (Phi) is 18.1. The Balaban J connectivity index is 0. The maximum Gasteiger partial charge on any atom is 0.335 e. The third-order valence-corrected chi connectivity index (χ3v) is 4.44. The van der Waals surface area contributed by atoms with Gasteiger partial charge in [-0.15, -0.1) is 0 Å². The molecule has 0 radical (unpaired) electrons. The van der Waals surface area contributed by atoms with E-state index in [1.165, 1.54) is 20.6 Å². The Morgan fingerprint density at radius 3 is 1.61 bits per heavy atom. The van der Waals surface area contributed by atoms with Gasteiger partial charge in [-0.2, -0.15) is 0 Å². The van der Waals surface area contributed by atoms with Crippen LogP contribution >= 0.6 is 0 Å². The van der Waals surface area contributed by atoms with E-state index in [-0.39, 0.29) is 12.2 Å². The second kappa shape index (κ2) is 17.9. The molecule has 0 aromatic rings. The monoisotopic (exact) mass is 448 g/mol. The molecule has 0 bridgehead atoms. The number of ether oxygens (including phenoxy) is 6. The predicted octanol–water partition coefficient (Wildman–Crippen LogP) is 1.78. The van der Waals surface area contributed by atoms with Crippen molar-refractivity contribution in [2.24, 2.45) is 10.8 Å². The number of aliphatic hydroxyl groups excluding tert-OH is 1. The van der Waals surface area contributed by atoms with Gasteiger partial charge in [0.15, 0.2) is 0 Å². The van der Waals surface area contributed by atoms with Crippen molar-refractivity contribution in [3.8, 4) is 0 Å². The molecule has 2 rings (SSSR count). The van der Waals surface area contributed by atoms with E-state index in [0.717, 1.165) is 45.7 Å². The number of carbonyl (C=O) groups is 2. The van der Waals surface area contributed by atoms with Gasteiger partial charge in [0.05, 0.1) is 66.0 Å². The molecule has 2 saturated heterocycles. The summed E-state index contributed by atoms with van der Waals surface area (Å²) in [5.41, 5.74) is 0.774. The van der Waals surface area contributed by atoms with Crippen LogP contribution in [0.4, 0.5) is 0 Å². The van der Waals surface area contributed by atoms with Gasteiger partial charge in [0.1, 0.15) is 0 Å². The van der Waals surface area contributed by atoms with Gasteiger partial charge in [-0.25, -0.2) is 9.59 Å². The largest absolute Gasteiger partial charge is 0.466 e. The quantitative estimate of drug-likeness (QED) is 0.439. The summed E-state index contributed by atoms with van der Waals surface area (Å²) >= 11 is 0. The number of carbonyl (C=O) groups excluding carboxylic acids is 2. The Bertz CT molecular complexity index is 504. The van der Waals surface area contributed by atoms with E-state index in [4.69, 9.17) is 24.1 Å². The van der Waals surface area contributed by atoms with Gasteiger partial charge in [-0.3, -0.25) is 0 Å². The minimum absolute atomic E-state index is 0.0764. The van der Waals surface area contributed by atoms with Gasteiger partial charge in [-0.1, -0.05) is 27.0 Å². The average Bonchev–Trinajstić information content (AvgIpc) is 2.74. The molecule has 1 N–H and O–H groups in total. The summed E-state index contributed by atoms with van der Waals surface area (Å²) < 4.78 is 28.5. The summed E-state index contributed by atoms with van der Waals surface area (Å²) in [7, 11) is 6.02. The van der Waals surface area contributed by atoms with E-state index in [0.29, 0.717) is 10.8 Å². The first kappa shape index (κ1) is 31.4. The first-order chi connectivity index (χ1) is 14.6. The van der Waals surface area contributed by atoms with E-state index in [1.807, 2.05) is 0 Å². The fourth-order valence-corrected chi connectivity index (χ4v) is 2.26. The fourth-order valence-electron chi connectivity index (χ4n) is 2.26. The van der Waals surface area contributed by atoms with Crippen LogP contribution in [0, 0.1) is 10.8 Å². The van der Waals surface area contributed by atoms with Crippen molar-refractivity contribution >= 4 is 11.9 Å².